The second-order valence-electron chi connectivity index (χ2n) is 4.60. The van der Waals surface area contributed by atoms with E-state index in [1.54, 1.807) is 52.6 Å². The van der Waals surface area contributed by atoms with Crippen molar-refractivity contribution in [3.63, 3.8) is 0 Å². The number of halogens is 1. The summed E-state index contributed by atoms with van der Waals surface area (Å²) in [5, 5.41) is 5.54. The van der Waals surface area contributed by atoms with Crippen molar-refractivity contribution in [3.05, 3.63) is 72.4 Å². The summed E-state index contributed by atoms with van der Waals surface area (Å²) in [7, 11) is 1.75. The Morgan fingerprint density at radius 2 is 2.05 bits per heavy atom. The fraction of sp³-hybridized carbons (Fsp3) is 0.133. The van der Waals surface area contributed by atoms with Crippen LogP contribution in [0.25, 0.3) is 0 Å². The first-order chi connectivity index (χ1) is 10.1. The molecule has 0 bridgehead atoms. The van der Waals surface area contributed by atoms with Crippen molar-refractivity contribution < 1.29 is 0 Å². The summed E-state index contributed by atoms with van der Waals surface area (Å²) in [5.74, 6) is 0. The maximum absolute atomic E-state index is 11.5. The Labute approximate surface area is 135 Å². The van der Waals surface area contributed by atoms with E-state index in [-0.39, 0.29) is 11.6 Å². The maximum Gasteiger partial charge on any atom is 0.250 e. The van der Waals surface area contributed by atoms with Gasteiger partial charge in [0.25, 0.3) is 0 Å². The molecule has 1 N–H and O–H groups in total. The minimum Gasteiger partial charge on any atom is -0.372 e. The van der Waals surface area contributed by atoms with Crippen LogP contribution in [-0.2, 0) is 7.05 Å². The number of pyridine rings is 1. The van der Waals surface area contributed by atoms with E-state index in [4.69, 9.17) is 11.6 Å². The van der Waals surface area contributed by atoms with Gasteiger partial charge in [0.15, 0.2) is 0 Å². The zero-order valence-corrected chi connectivity index (χ0v) is 13.6. The fourth-order valence-electron chi connectivity index (χ4n) is 2.07. The SMILES string of the molecule is Cn1cc(NC(c2cccs2)c2ccc(Cl)s2)ccc1=O. The van der Waals surface area contributed by atoms with Crippen LogP contribution in [0.4, 0.5) is 5.69 Å². The second kappa shape index (κ2) is 6.05. The van der Waals surface area contributed by atoms with E-state index >= 15 is 0 Å². The lowest BCUT2D eigenvalue weighted by Crippen LogP contribution is -2.17. The third-order valence-electron chi connectivity index (χ3n) is 3.10. The van der Waals surface area contributed by atoms with Gasteiger partial charge >= 0.3 is 0 Å². The van der Waals surface area contributed by atoms with Crippen molar-refractivity contribution in [1.82, 2.24) is 4.57 Å². The lowest BCUT2D eigenvalue weighted by atomic mass is 10.2. The largest absolute Gasteiger partial charge is 0.372 e. The Hall–Kier alpha value is -1.56. The van der Waals surface area contributed by atoms with Crippen LogP contribution in [0.3, 0.4) is 0 Å². The average molecular weight is 337 g/mol. The molecule has 0 fully saturated rings. The molecule has 108 valence electrons. The molecule has 0 saturated carbocycles. The van der Waals surface area contributed by atoms with Gasteiger partial charge in [-0.2, -0.15) is 0 Å². The quantitative estimate of drug-likeness (QED) is 0.768. The van der Waals surface area contributed by atoms with Crippen molar-refractivity contribution in [3.8, 4) is 0 Å². The van der Waals surface area contributed by atoms with Crippen molar-refractivity contribution in [2.24, 2.45) is 7.05 Å². The number of aryl methyl sites for hydroxylation is 1. The third kappa shape index (κ3) is 3.20. The van der Waals surface area contributed by atoms with Gasteiger partial charge in [0, 0.05) is 29.1 Å². The van der Waals surface area contributed by atoms with Gasteiger partial charge in [-0.25, -0.2) is 0 Å². The van der Waals surface area contributed by atoms with Crippen LogP contribution in [0.5, 0.6) is 0 Å². The number of nitrogens with one attached hydrogen (secondary N) is 1. The lowest BCUT2D eigenvalue weighted by Gasteiger charge is -2.18. The normalized spacial score (nSPS) is 12.3. The highest BCUT2D eigenvalue weighted by Crippen LogP contribution is 2.35. The molecule has 0 aliphatic heterocycles. The van der Waals surface area contributed by atoms with Gasteiger partial charge in [-0.05, 0) is 29.6 Å². The van der Waals surface area contributed by atoms with Crippen molar-refractivity contribution in [2.75, 3.05) is 5.32 Å². The first-order valence-corrected chi connectivity index (χ1v) is 8.43. The highest BCUT2D eigenvalue weighted by molar-refractivity contribution is 7.16. The molecule has 0 spiro atoms. The van der Waals surface area contributed by atoms with Gasteiger partial charge in [-0.3, -0.25) is 4.79 Å². The fourth-order valence-corrected chi connectivity index (χ4v) is 4.07. The first-order valence-electron chi connectivity index (χ1n) is 6.35. The first kappa shape index (κ1) is 14.4. The molecule has 0 aliphatic rings. The smallest absolute Gasteiger partial charge is 0.250 e. The molecule has 0 aliphatic carbocycles. The third-order valence-corrected chi connectivity index (χ3v) is 5.34. The molecular weight excluding hydrogens is 324 g/mol. The van der Waals surface area contributed by atoms with Crippen molar-refractivity contribution in [2.45, 2.75) is 6.04 Å². The zero-order valence-electron chi connectivity index (χ0n) is 11.2. The van der Waals surface area contributed by atoms with Crippen LogP contribution in [-0.4, -0.2) is 4.57 Å². The van der Waals surface area contributed by atoms with Crippen molar-refractivity contribution >= 4 is 40.0 Å². The molecule has 3 nitrogen and oxygen atoms in total. The summed E-state index contributed by atoms with van der Waals surface area (Å²) in [6.07, 6.45) is 1.80. The van der Waals surface area contributed by atoms with E-state index in [1.165, 1.54) is 4.88 Å². The van der Waals surface area contributed by atoms with Crippen molar-refractivity contribution in [1.29, 1.82) is 0 Å². The Morgan fingerprint density at radius 3 is 2.67 bits per heavy atom. The number of anilines is 1. The predicted molar refractivity (Wildman–Crippen MR) is 90.8 cm³/mol. The molecule has 3 rings (SSSR count). The molecule has 0 amide bonds. The minimum atomic E-state index is -0.0209. The lowest BCUT2D eigenvalue weighted by molar-refractivity contribution is 0.855. The van der Waals surface area contributed by atoms with E-state index in [0.717, 1.165) is 14.9 Å². The molecule has 0 aromatic carbocycles. The zero-order chi connectivity index (χ0) is 14.8. The highest BCUT2D eigenvalue weighted by Gasteiger charge is 2.17. The van der Waals surface area contributed by atoms with E-state index in [0.29, 0.717) is 0 Å². The number of nitrogens with zero attached hydrogens (tertiary/aromatic N) is 1. The van der Waals surface area contributed by atoms with Crippen LogP contribution in [0.1, 0.15) is 15.8 Å². The monoisotopic (exact) mass is 336 g/mol. The summed E-state index contributed by atoms with van der Waals surface area (Å²) in [4.78, 5) is 13.8. The standard InChI is InChI=1S/C15H13ClN2OS2/c1-18-9-10(4-7-14(18)19)17-15(11-3-2-8-20-11)12-5-6-13(16)21-12/h2-9,15,17H,1H3. The average Bonchev–Trinajstić information content (AvgIpc) is 3.11. The molecule has 3 aromatic heterocycles. The van der Waals surface area contributed by atoms with E-state index in [9.17, 15) is 4.79 Å². The molecule has 21 heavy (non-hydrogen) atoms. The van der Waals surface area contributed by atoms with Crippen LogP contribution < -0.4 is 10.9 Å². The molecule has 1 atom stereocenters. The van der Waals surface area contributed by atoms with Gasteiger partial charge in [0.05, 0.1) is 16.1 Å². The van der Waals surface area contributed by atoms with Gasteiger partial charge in [0.1, 0.15) is 0 Å². The molecule has 3 heterocycles. The number of aromatic nitrogens is 1. The molecule has 3 aromatic rings. The highest BCUT2D eigenvalue weighted by atomic mass is 35.5. The van der Waals surface area contributed by atoms with E-state index in [1.807, 2.05) is 18.2 Å². The molecule has 1 unspecified atom stereocenters. The topological polar surface area (TPSA) is 34.0 Å². The van der Waals surface area contributed by atoms with Gasteiger partial charge in [-0.15, -0.1) is 22.7 Å². The minimum absolute atomic E-state index is 0.0209. The molecule has 6 heteroatoms. The Bertz CT molecular complexity index is 792. The molecule has 0 saturated heterocycles. The number of hydrogen-bond acceptors (Lipinski definition) is 4. The van der Waals surface area contributed by atoms with Gasteiger partial charge in [0.2, 0.25) is 5.56 Å². The summed E-state index contributed by atoms with van der Waals surface area (Å²) in [5.41, 5.74) is 0.882. The van der Waals surface area contributed by atoms with Crippen LogP contribution >= 0.6 is 34.3 Å². The van der Waals surface area contributed by atoms with E-state index in [2.05, 4.69) is 16.8 Å². The number of thiophene rings is 2. The predicted octanol–water partition coefficient (Wildman–Crippen LogP) is 4.36. The van der Waals surface area contributed by atoms with Gasteiger partial charge in [-0.1, -0.05) is 17.7 Å². The van der Waals surface area contributed by atoms with E-state index < -0.39 is 0 Å². The van der Waals surface area contributed by atoms with Crippen LogP contribution in [0, 0.1) is 0 Å². The summed E-state index contributed by atoms with van der Waals surface area (Å²) in [6.45, 7) is 0. The van der Waals surface area contributed by atoms with Crippen LogP contribution in [0.2, 0.25) is 4.34 Å². The summed E-state index contributed by atoms with van der Waals surface area (Å²) in [6, 6.07) is 11.5. The summed E-state index contributed by atoms with van der Waals surface area (Å²) < 4.78 is 2.34. The Morgan fingerprint density at radius 1 is 1.19 bits per heavy atom. The Kier molecular flexibility index (Phi) is 4.14. The van der Waals surface area contributed by atoms with Crippen LogP contribution in [0.15, 0.2) is 52.8 Å². The molecule has 0 radical (unpaired) electrons. The molecular formula is C15H13ClN2OS2. The second-order valence-corrected chi connectivity index (χ2v) is 7.33. The number of rotatable bonds is 4. The Balaban J connectivity index is 1.96. The summed E-state index contributed by atoms with van der Waals surface area (Å²) >= 11 is 9.32. The maximum atomic E-state index is 11.5. The number of hydrogen-bond donors (Lipinski definition) is 1. The van der Waals surface area contributed by atoms with Gasteiger partial charge < -0.3 is 9.88 Å².